The van der Waals surface area contributed by atoms with E-state index in [1.165, 1.54) is 17.0 Å². The third-order valence-corrected chi connectivity index (χ3v) is 12.6. The highest BCUT2D eigenvalue weighted by Crippen LogP contribution is 2.51. The summed E-state index contributed by atoms with van der Waals surface area (Å²) in [4.78, 5) is 55.6. The van der Waals surface area contributed by atoms with Crippen LogP contribution in [0.25, 0.3) is 10.8 Å². The van der Waals surface area contributed by atoms with E-state index < -0.39 is 50.2 Å². The van der Waals surface area contributed by atoms with Crippen LogP contribution in [0.2, 0.25) is 10.0 Å². The Labute approximate surface area is 301 Å². The van der Waals surface area contributed by atoms with E-state index in [4.69, 9.17) is 23.2 Å². The number of carbonyl (C=O) groups is 4. The highest BCUT2D eigenvalue weighted by atomic mass is 35.5. The summed E-state index contributed by atoms with van der Waals surface area (Å²) in [5.41, 5.74) is 0.804. The van der Waals surface area contributed by atoms with E-state index in [9.17, 15) is 27.6 Å². The maximum absolute atomic E-state index is 14.3. The van der Waals surface area contributed by atoms with E-state index in [2.05, 4.69) is 10.6 Å². The fourth-order valence-corrected chi connectivity index (χ4v) is 9.07. The Hall–Kier alpha value is -4.25. The summed E-state index contributed by atoms with van der Waals surface area (Å²) in [6.45, 7) is 1.64. The summed E-state index contributed by atoms with van der Waals surface area (Å²) in [5, 5.41) is 6.92. The number of ketones is 1. The first-order chi connectivity index (χ1) is 23.9. The van der Waals surface area contributed by atoms with E-state index >= 15 is 0 Å². The number of likely N-dealkylation sites (tertiary alicyclic amines) is 1. The van der Waals surface area contributed by atoms with Gasteiger partial charge in [-0.3, -0.25) is 19.2 Å². The van der Waals surface area contributed by atoms with E-state index in [0.29, 0.717) is 24.3 Å². The van der Waals surface area contributed by atoms with E-state index in [0.717, 1.165) is 21.9 Å². The molecule has 6 rings (SSSR count). The molecule has 50 heavy (non-hydrogen) atoms. The van der Waals surface area contributed by atoms with Gasteiger partial charge in [-0.1, -0.05) is 96.9 Å². The van der Waals surface area contributed by atoms with Gasteiger partial charge in [0.05, 0.1) is 26.6 Å². The van der Waals surface area contributed by atoms with Crippen molar-refractivity contribution >= 4 is 67.3 Å². The highest BCUT2D eigenvalue weighted by Gasteiger charge is 2.57. The number of nitrogens with one attached hydrogen (secondary N) is 2. The second-order valence-electron chi connectivity index (χ2n) is 12.9. The normalized spacial score (nSPS) is 18.7. The van der Waals surface area contributed by atoms with Gasteiger partial charge >= 0.3 is 0 Å². The zero-order chi connectivity index (χ0) is 35.6. The van der Waals surface area contributed by atoms with Crippen molar-refractivity contribution < 1.29 is 27.6 Å². The van der Waals surface area contributed by atoms with Crippen molar-refractivity contribution in [2.45, 2.75) is 66.7 Å². The lowest BCUT2D eigenvalue weighted by Crippen LogP contribution is -2.54. The Morgan fingerprint density at radius 1 is 0.900 bits per heavy atom. The molecule has 1 aliphatic carbocycles. The van der Waals surface area contributed by atoms with Gasteiger partial charge in [0.25, 0.3) is 5.91 Å². The fraction of sp³-hybridized carbons (Fsp3) is 0.316. The predicted octanol–water partition coefficient (Wildman–Crippen LogP) is 5.44. The molecule has 1 saturated heterocycles. The van der Waals surface area contributed by atoms with Gasteiger partial charge in [0.15, 0.2) is 9.84 Å². The number of rotatable bonds is 12. The summed E-state index contributed by atoms with van der Waals surface area (Å²) < 4.78 is 27.7. The van der Waals surface area contributed by atoms with Gasteiger partial charge in [-0.15, -0.1) is 0 Å². The Bertz CT molecular complexity index is 2070. The first kappa shape index (κ1) is 35.6. The third-order valence-electron chi connectivity index (χ3n) is 9.74. The molecule has 2 N–H and O–H groups in total. The summed E-state index contributed by atoms with van der Waals surface area (Å²) in [5.74, 6) is -2.74. The molecular weight excluding hydrogens is 697 g/mol. The van der Waals surface area contributed by atoms with Crippen LogP contribution in [-0.2, 0) is 40.9 Å². The molecule has 1 aliphatic heterocycles. The first-order valence-electron chi connectivity index (χ1n) is 16.6. The molecule has 2 aliphatic rings. The zero-order valence-electron chi connectivity index (χ0n) is 27.4. The number of carbonyl (C=O) groups excluding carboxylic acids is 4. The number of hydrogen-bond donors (Lipinski definition) is 2. The van der Waals surface area contributed by atoms with Gasteiger partial charge in [-0.2, -0.15) is 0 Å². The largest absolute Gasteiger partial charge is 0.349 e. The molecule has 4 aromatic rings. The number of benzene rings is 4. The number of nitrogens with zero attached hydrogens (tertiary/aromatic N) is 1. The lowest BCUT2D eigenvalue weighted by molar-refractivity contribution is -0.143. The summed E-state index contributed by atoms with van der Waals surface area (Å²) in [7, 11) is -4.06. The number of amides is 3. The van der Waals surface area contributed by atoms with Gasteiger partial charge in [-0.05, 0) is 78.3 Å². The van der Waals surface area contributed by atoms with Crippen molar-refractivity contribution in [3.8, 4) is 0 Å². The smallest absolute Gasteiger partial charge is 0.289 e. The highest BCUT2D eigenvalue weighted by molar-refractivity contribution is 7.92. The quantitative estimate of drug-likeness (QED) is 0.187. The van der Waals surface area contributed by atoms with Crippen molar-refractivity contribution in [3.05, 3.63) is 112 Å². The van der Waals surface area contributed by atoms with Crippen molar-refractivity contribution in [1.29, 1.82) is 0 Å². The van der Waals surface area contributed by atoms with Crippen molar-refractivity contribution in [1.82, 2.24) is 15.5 Å². The van der Waals surface area contributed by atoms with Crippen molar-refractivity contribution in [2.24, 2.45) is 0 Å². The molecule has 0 aromatic heterocycles. The molecule has 4 aromatic carbocycles. The average Bonchev–Trinajstić information content (AvgIpc) is 3.80. The Morgan fingerprint density at radius 2 is 1.58 bits per heavy atom. The molecule has 0 bridgehead atoms. The molecule has 3 atom stereocenters. The van der Waals surface area contributed by atoms with Crippen LogP contribution in [0, 0.1) is 0 Å². The topological polar surface area (TPSA) is 130 Å². The average molecular weight is 735 g/mol. The van der Waals surface area contributed by atoms with Crippen molar-refractivity contribution in [2.75, 3.05) is 13.1 Å². The van der Waals surface area contributed by atoms with Crippen molar-refractivity contribution in [3.63, 3.8) is 0 Å². The van der Waals surface area contributed by atoms with Crippen LogP contribution in [0.3, 0.4) is 0 Å². The molecule has 2 fully saturated rings. The molecule has 3 amide bonds. The summed E-state index contributed by atoms with van der Waals surface area (Å²) in [6.07, 6.45) is 1.46. The molecular formula is C38H37Cl2N3O6S. The van der Waals surface area contributed by atoms with Crippen LogP contribution < -0.4 is 10.6 Å². The van der Waals surface area contributed by atoms with Gasteiger partial charge in [0, 0.05) is 18.1 Å². The van der Waals surface area contributed by atoms with Gasteiger partial charge in [0.2, 0.25) is 17.6 Å². The van der Waals surface area contributed by atoms with Crippen LogP contribution in [0.5, 0.6) is 0 Å². The predicted molar refractivity (Wildman–Crippen MR) is 193 cm³/mol. The van der Waals surface area contributed by atoms with Crippen LogP contribution in [0.4, 0.5) is 0 Å². The van der Waals surface area contributed by atoms with Gasteiger partial charge in [-0.25, -0.2) is 8.42 Å². The lowest BCUT2D eigenvalue weighted by atomic mass is 9.94. The molecule has 12 heteroatoms. The van der Waals surface area contributed by atoms with Crippen LogP contribution >= 0.6 is 23.2 Å². The zero-order valence-corrected chi connectivity index (χ0v) is 29.7. The van der Waals surface area contributed by atoms with Crippen LogP contribution in [0.1, 0.15) is 43.7 Å². The number of sulfone groups is 1. The Balaban J connectivity index is 1.17. The van der Waals surface area contributed by atoms with E-state index in [1.54, 1.807) is 43.3 Å². The number of halogens is 2. The number of fused-ring (bicyclic) bond motifs is 1. The molecule has 9 nitrogen and oxygen atoms in total. The summed E-state index contributed by atoms with van der Waals surface area (Å²) in [6, 6.07) is 24.5. The van der Waals surface area contributed by atoms with E-state index in [-0.39, 0.29) is 41.8 Å². The first-order valence-corrected chi connectivity index (χ1v) is 18.9. The monoisotopic (exact) mass is 733 g/mol. The maximum atomic E-state index is 14.3. The molecule has 3 unspecified atom stereocenters. The summed E-state index contributed by atoms with van der Waals surface area (Å²) >= 11 is 12.4. The van der Waals surface area contributed by atoms with Gasteiger partial charge < -0.3 is 15.5 Å². The lowest BCUT2D eigenvalue weighted by Gasteiger charge is -2.29. The minimum Gasteiger partial charge on any atom is -0.349 e. The Morgan fingerprint density at radius 3 is 2.26 bits per heavy atom. The molecule has 0 radical (unpaired) electrons. The number of Topliss-reactive ketones (excluding diaryl/α,β-unsaturated/α-hetero) is 1. The second kappa shape index (κ2) is 14.5. The van der Waals surface area contributed by atoms with E-state index in [1.807, 2.05) is 42.5 Å². The SMILES string of the molecule is CCC(NC(=O)C1CC(S(=O)(=O)c2ccccc2Cl)CN1C(=O)C1(c2ccc(Cl)cc2)CC1)C(=O)C(=O)NCCc1ccc2ccccc2c1. The van der Waals surface area contributed by atoms with Gasteiger partial charge in [0.1, 0.15) is 6.04 Å². The molecule has 1 heterocycles. The fourth-order valence-electron chi connectivity index (χ4n) is 6.73. The molecule has 1 saturated carbocycles. The second-order valence-corrected chi connectivity index (χ2v) is 16.0. The van der Waals surface area contributed by atoms with Crippen LogP contribution in [-0.4, -0.2) is 67.2 Å². The minimum absolute atomic E-state index is 0.0429. The standard InChI is InChI=1S/C38H37Cl2N3O6S/c1-2-31(34(44)36(46)41-20-17-24-11-12-25-7-3-4-8-26(25)21-24)42-35(45)32-22-29(50(48,49)33-10-6-5-9-30(33)40)23-43(32)37(47)38(18-19-38)27-13-15-28(39)16-14-27/h3-16,21,29,31-32H,2,17-20,22-23H2,1H3,(H,41,46)(H,42,45). The molecule has 260 valence electrons. The number of hydrogen-bond acceptors (Lipinski definition) is 6. The molecule has 0 spiro atoms. The minimum atomic E-state index is -4.06. The van der Waals surface area contributed by atoms with Crippen LogP contribution in [0.15, 0.2) is 95.9 Å². The maximum Gasteiger partial charge on any atom is 0.289 e. The third kappa shape index (κ3) is 7.15. The Kier molecular flexibility index (Phi) is 10.3.